The molecule has 7 heteroatoms. The van der Waals surface area contributed by atoms with Gasteiger partial charge in [0, 0.05) is 0 Å². The van der Waals surface area contributed by atoms with E-state index in [4.69, 9.17) is 5.73 Å². The van der Waals surface area contributed by atoms with Gasteiger partial charge in [0.05, 0.1) is 5.56 Å². The summed E-state index contributed by atoms with van der Waals surface area (Å²) in [6.07, 6.45) is 0. The minimum Gasteiger partial charge on any atom is -0.375 e. The van der Waals surface area contributed by atoms with Crippen molar-refractivity contribution in [1.82, 2.24) is 10.9 Å². The highest BCUT2D eigenvalue weighted by atomic mass is 32.1. The number of benzene rings is 1. The van der Waals surface area contributed by atoms with Crippen LogP contribution in [-0.2, 0) is 0 Å². The Kier molecular flexibility index (Phi) is 3.51. The number of thiocarbonyl (C=S) groups is 1. The van der Waals surface area contributed by atoms with Crippen LogP contribution in [0.25, 0.3) is 0 Å². The number of hydrazine groups is 1. The number of carbonyl (C=O) groups excluding carboxylic acids is 1. The molecule has 0 aliphatic heterocycles. The Bertz CT molecular complexity index is 411. The van der Waals surface area contributed by atoms with Crippen molar-refractivity contribution in [2.24, 2.45) is 5.73 Å². The third-order valence-electron chi connectivity index (χ3n) is 1.50. The van der Waals surface area contributed by atoms with E-state index >= 15 is 0 Å². The molecule has 1 amide bonds. The molecule has 4 nitrogen and oxygen atoms in total. The smallest absolute Gasteiger partial charge is 0.272 e. The van der Waals surface area contributed by atoms with Gasteiger partial charge in [-0.3, -0.25) is 15.6 Å². The molecule has 0 bridgehead atoms. The maximum absolute atomic E-state index is 13.0. The van der Waals surface area contributed by atoms with Crippen molar-refractivity contribution in [3.63, 3.8) is 0 Å². The Morgan fingerprint density at radius 2 is 2.00 bits per heavy atom. The van der Waals surface area contributed by atoms with E-state index in [0.717, 1.165) is 12.1 Å². The molecule has 0 saturated heterocycles. The predicted octanol–water partition coefficient (Wildman–Crippen LogP) is 0.443. The van der Waals surface area contributed by atoms with Crippen molar-refractivity contribution >= 4 is 23.2 Å². The first-order valence-electron chi connectivity index (χ1n) is 3.82. The summed E-state index contributed by atoms with van der Waals surface area (Å²) < 4.78 is 25.8. The van der Waals surface area contributed by atoms with E-state index in [1.165, 1.54) is 6.07 Å². The maximum Gasteiger partial charge on any atom is 0.272 e. The molecule has 0 heterocycles. The van der Waals surface area contributed by atoms with Crippen LogP contribution in [-0.4, -0.2) is 11.0 Å². The molecule has 0 atom stereocenters. The first-order valence-corrected chi connectivity index (χ1v) is 4.23. The van der Waals surface area contributed by atoms with Crippen LogP contribution in [0.15, 0.2) is 18.2 Å². The Labute approximate surface area is 89.4 Å². The molecule has 1 aromatic rings. The van der Waals surface area contributed by atoms with Crippen molar-refractivity contribution in [3.8, 4) is 0 Å². The molecular formula is C8H7F2N3OS. The minimum absolute atomic E-state index is 0.180. The van der Waals surface area contributed by atoms with Crippen LogP contribution in [0.5, 0.6) is 0 Å². The van der Waals surface area contributed by atoms with Crippen LogP contribution in [0.4, 0.5) is 8.78 Å². The van der Waals surface area contributed by atoms with E-state index in [2.05, 4.69) is 17.6 Å². The summed E-state index contributed by atoms with van der Waals surface area (Å²) in [6.45, 7) is 0. The van der Waals surface area contributed by atoms with Gasteiger partial charge in [-0.2, -0.15) is 0 Å². The van der Waals surface area contributed by atoms with Crippen molar-refractivity contribution in [2.45, 2.75) is 0 Å². The first kappa shape index (κ1) is 11.3. The van der Waals surface area contributed by atoms with Gasteiger partial charge in [0.2, 0.25) is 0 Å². The average molecular weight is 231 g/mol. The lowest BCUT2D eigenvalue weighted by Gasteiger charge is -2.06. The molecule has 1 rings (SSSR count). The van der Waals surface area contributed by atoms with Gasteiger partial charge in [-0.25, -0.2) is 8.78 Å². The van der Waals surface area contributed by atoms with E-state index in [1.54, 1.807) is 0 Å². The topological polar surface area (TPSA) is 67.2 Å². The lowest BCUT2D eigenvalue weighted by atomic mass is 10.2. The van der Waals surface area contributed by atoms with Crippen LogP contribution in [0.3, 0.4) is 0 Å². The summed E-state index contributed by atoms with van der Waals surface area (Å²) in [5, 5.41) is -0.180. The molecule has 1 aromatic carbocycles. The monoisotopic (exact) mass is 231 g/mol. The minimum atomic E-state index is -1.22. The van der Waals surface area contributed by atoms with Gasteiger partial charge in [0.25, 0.3) is 5.91 Å². The summed E-state index contributed by atoms with van der Waals surface area (Å²) in [5.74, 6) is -3.18. The van der Waals surface area contributed by atoms with E-state index in [9.17, 15) is 13.6 Å². The average Bonchev–Trinajstić information content (AvgIpc) is 2.18. The van der Waals surface area contributed by atoms with E-state index in [0.29, 0.717) is 0 Å². The first-order chi connectivity index (χ1) is 7.02. The zero-order valence-electron chi connectivity index (χ0n) is 7.38. The highest BCUT2D eigenvalue weighted by Gasteiger charge is 2.14. The lowest BCUT2D eigenvalue weighted by Crippen LogP contribution is -2.44. The summed E-state index contributed by atoms with van der Waals surface area (Å²) in [5.41, 5.74) is 8.71. The molecule has 0 unspecified atom stereocenters. The molecule has 0 radical (unpaired) electrons. The van der Waals surface area contributed by atoms with Crippen molar-refractivity contribution in [1.29, 1.82) is 0 Å². The molecule has 80 valence electrons. The summed E-state index contributed by atoms with van der Waals surface area (Å²) in [7, 11) is 0. The second-order valence-corrected chi connectivity index (χ2v) is 2.98. The Morgan fingerprint density at radius 3 is 2.60 bits per heavy atom. The third kappa shape index (κ3) is 2.84. The number of rotatable bonds is 1. The van der Waals surface area contributed by atoms with Gasteiger partial charge < -0.3 is 5.73 Å². The van der Waals surface area contributed by atoms with Crippen LogP contribution >= 0.6 is 12.2 Å². The van der Waals surface area contributed by atoms with E-state index in [-0.39, 0.29) is 5.11 Å². The largest absolute Gasteiger partial charge is 0.375 e. The number of hydrogen-bond acceptors (Lipinski definition) is 2. The molecule has 0 spiro atoms. The van der Waals surface area contributed by atoms with Crippen molar-refractivity contribution in [3.05, 3.63) is 35.4 Å². The molecule has 0 aliphatic rings. The number of hydrogen-bond donors (Lipinski definition) is 3. The zero-order valence-corrected chi connectivity index (χ0v) is 8.20. The molecule has 0 saturated carbocycles. The van der Waals surface area contributed by atoms with Gasteiger partial charge in [-0.15, -0.1) is 0 Å². The fourth-order valence-electron chi connectivity index (χ4n) is 0.865. The van der Waals surface area contributed by atoms with Crippen LogP contribution in [0.1, 0.15) is 10.4 Å². The van der Waals surface area contributed by atoms with Crippen molar-refractivity contribution < 1.29 is 13.6 Å². The Hall–Kier alpha value is -1.76. The van der Waals surface area contributed by atoms with Gasteiger partial charge in [0.15, 0.2) is 16.7 Å². The fourth-order valence-corrected chi connectivity index (χ4v) is 0.916. The Balaban J connectivity index is 2.82. The number of nitrogens with one attached hydrogen (secondary N) is 2. The third-order valence-corrected chi connectivity index (χ3v) is 1.60. The van der Waals surface area contributed by atoms with Crippen LogP contribution in [0, 0.1) is 11.6 Å². The highest BCUT2D eigenvalue weighted by Crippen LogP contribution is 2.10. The molecule has 0 fully saturated rings. The standard InChI is InChI=1S/C8H7F2N3OS/c9-5-3-1-2-4(6(5)10)7(14)12-13-8(11)15/h1-3H,(H,12,14)(H3,11,13,15). The molecule has 0 aromatic heterocycles. The maximum atomic E-state index is 13.0. The normalized spacial score (nSPS) is 9.47. The molecule has 0 aliphatic carbocycles. The Morgan fingerprint density at radius 1 is 1.33 bits per heavy atom. The lowest BCUT2D eigenvalue weighted by molar-refractivity contribution is 0.0939. The molecular weight excluding hydrogens is 224 g/mol. The van der Waals surface area contributed by atoms with Gasteiger partial charge in [-0.1, -0.05) is 6.07 Å². The number of amides is 1. The highest BCUT2D eigenvalue weighted by molar-refractivity contribution is 7.80. The second kappa shape index (κ2) is 4.65. The zero-order chi connectivity index (χ0) is 11.4. The van der Waals surface area contributed by atoms with Gasteiger partial charge in [-0.05, 0) is 24.4 Å². The van der Waals surface area contributed by atoms with Gasteiger partial charge in [0.1, 0.15) is 0 Å². The van der Waals surface area contributed by atoms with E-state index < -0.39 is 23.1 Å². The second-order valence-electron chi connectivity index (χ2n) is 2.54. The number of nitrogens with two attached hydrogens (primary N) is 1. The summed E-state index contributed by atoms with van der Waals surface area (Å²) in [6, 6.07) is 3.26. The predicted molar refractivity (Wildman–Crippen MR) is 53.7 cm³/mol. The summed E-state index contributed by atoms with van der Waals surface area (Å²) >= 11 is 4.41. The van der Waals surface area contributed by atoms with Gasteiger partial charge >= 0.3 is 0 Å². The van der Waals surface area contributed by atoms with E-state index in [1.807, 2.05) is 5.43 Å². The van der Waals surface area contributed by atoms with Crippen molar-refractivity contribution in [2.75, 3.05) is 0 Å². The number of halogens is 2. The van der Waals surface area contributed by atoms with Crippen LogP contribution in [0.2, 0.25) is 0 Å². The molecule has 15 heavy (non-hydrogen) atoms. The number of carbonyl (C=O) groups is 1. The SMILES string of the molecule is NC(=S)NNC(=O)c1cccc(F)c1F. The fraction of sp³-hybridized carbons (Fsp3) is 0. The van der Waals surface area contributed by atoms with Crippen LogP contribution < -0.4 is 16.6 Å². The quantitative estimate of drug-likeness (QED) is 0.484. The summed E-state index contributed by atoms with van der Waals surface area (Å²) in [4.78, 5) is 11.2. The molecule has 4 N–H and O–H groups in total.